The number of hydrogen-bond donors (Lipinski definition) is 1. The number of methoxy groups -OCH3 is 1. The Bertz CT molecular complexity index is 806. The van der Waals surface area contributed by atoms with E-state index in [1.807, 2.05) is 30.3 Å². The van der Waals surface area contributed by atoms with Gasteiger partial charge in [0.2, 0.25) is 5.91 Å². The molecule has 0 bridgehead atoms. The monoisotopic (exact) mass is 344 g/mol. The number of nitrogens with one attached hydrogen (secondary N) is 1. The molecule has 0 aliphatic carbocycles. The Kier molecular flexibility index (Phi) is 4.73. The molecule has 0 saturated heterocycles. The second-order valence-electron chi connectivity index (χ2n) is 4.94. The van der Waals surface area contributed by atoms with Gasteiger partial charge in [0.05, 0.1) is 24.2 Å². The smallest absolute Gasteiger partial charge is 0.217 e. The minimum atomic E-state index is -0.0181. The average Bonchev–Trinajstić information content (AvgIpc) is 3.22. The number of benzene rings is 1. The van der Waals surface area contributed by atoms with Crippen molar-refractivity contribution in [1.29, 1.82) is 0 Å². The highest BCUT2D eigenvalue weighted by Gasteiger charge is 2.09. The molecule has 3 rings (SSSR count). The number of aromatic nitrogens is 1. The van der Waals surface area contributed by atoms with Gasteiger partial charge in [-0.2, -0.15) is 0 Å². The molecular formula is C17H16N2O2S2. The van der Waals surface area contributed by atoms with Crippen LogP contribution in [0.2, 0.25) is 0 Å². The molecule has 4 nitrogen and oxygen atoms in total. The number of thiophene rings is 1. The highest BCUT2D eigenvalue weighted by molar-refractivity contribution is 7.16. The van der Waals surface area contributed by atoms with Gasteiger partial charge in [0.25, 0.3) is 0 Å². The van der Waals surface area contributed by atoms with Crippen LogP contribution in [0.3, 0.4) is 0 Å². The van der Waals surface area contributed by atoms with Crippen LogP contribution in [0.25, 0.3) is 21.1 Å². The molecule has 2 heterocycles. The molecule has 3 aromatic rings. The van der Waals surface area contributed by atoms with Gasteiger partial charge in [-0.1, -0.05) is 0 Å². The van der Waals surface area contributed by atoms with E-state index < -0.39 is 0 Å². The van der Waals surface area contributed by atoms with Crippen LogP contribution < -0.4 is 10.1 Å². The zero-order valence-corrected chi connectivity index (χ0v) is 14.5. The summed E-state index contributed by atoms with van der Waals surface area (Å²) in [7, 11) is 1.66. The molecule has 1 aromatic carbocycles. The van der Waals surface area contributed by atoms with E-state index in [1.54, 1.807) is 29.8 Å². The summed E-state index contributed by atoms with van der Waals surface area (Å²) in [6.45, 7) is 2.09. The van der Waals surface area contributed by atoms with Gasteiger partial charge >= 0.3 is 0 Å². The van der Waals surface area contributed by atoms with E-state index in [9.17, 15) is 4.79 Å². The second-order valence-corrected chi connectivity index (χ2v) is 6.97. The summed E-state index contributed by atoms with van der Waals surface area (Å²) in [4.78, 5) is 17.9. The van der Waals surface area contributed by atoms with E-state index in [-0.39, 0.29) is 5.91 Å². The standard InChI is InChI=1S/C17H16N2O2S2/c1-11(20)18-9-14-7-8-16(23-14)15-10-22-17(19-15)12-3-5-13(21-2)6-4-12/h3-8,10H,9H2,1-2H3,(H,18,20). The molecule has 1 N–H and O–H groups in total. The van der Waals surface area contributed by atoms with Crippen molar-refractivity contribution in [3.63, 3.8) is 0 Å². The first-order valence-electron chi connectivity index (χ1n) is 7.09. The van der Waals surface area contributed by atoms with Crippen molar-refractivity contribution in [2.45, 2.75) is 13.5 Å². The predicted molar refractivity (Wildman–Crippen MR) is 94.9 cm³/mol. The van der Waals surface area contributed by atoms with Crippen molar-refractivity contribution in [2.75, 3.05) is 7.11 Å². The van der Waals surface area contributed by atoms with Gasteiger partial charge in [-0.3, -0.25) is 4.79 Å². The third-order valence-electron chi connectivity index (χ3n) is 3.27. The molecule has 118 valence electrons. The Labute approximate surface area is 142 Å². The van der Waals surface area contributed by atoms with Crippen LogP contribution in [0.5, 0.6) is 5.75 Å². The van der Waals surface area contributed by atoms with Gasteiger partial charge in [0.15, 0.2) is 0 Å². The van der Waals surface area contributed by atoms with Crippen LogP contribution in [0, 0.1) is 0 Å². The maximum absolute atomic E-state index is 11.0. The molecule has 23 heavy (non-hydrogen) atoms. The van der Waals surface area contributed by atoms with Crippen molar-refractivity contribution < 1.29 is 9.53 Å². The van der Waals surface area contributed by atoms with E-state index in [0.29, 0.717) is 6.54 Å². The molecule has 1 amide bonds. The Morgan fingerprint density at radius 1 is 1.22 bits per heavy atom. The molecule has 0 aliphatic heterocycles. The number of carbonyl (C=O) groups is 1. The maximum atomic E-state index is 11.0. The lowest BCUT2D eigenvalue weighted by atomic mass is 10.2. The molecule has 0 unspecified atom stereocenters. The fourth-order valence-corrected chi connectivity index (χ4v) is 3.88. The second kappa shape index (κ2) is 6.93. The van der Waals surface area contributed by atoms with Gasteiger partial charge < -0.3 is 10.1 Å². The van der Waals surface area contributed by atoms with Gasteiger partial charge in [-0.05, 0) is 36.4 Å². The minimum absolute atomic E-state index is 0.0181. The Morgan fingerprint density at radius 3 is 2.70 bits per heavy atom. The van der Waals surface area contributed by atoms with E-state index >= 15 is 0 Å². The first-order chi connectivity index (χ1) is 11.2. The highest BCUT2D eigenvalue weighted by atomic mass is 32.1. The van der Waals surface area contributed by atoms with Gasteiger partial charge in [0.1, 0.15) is 10.8 Å². The molecule has 0 radical (unpaired) electrons. The van der Waals surface area contributed by atoms with Crippen molar-refractivity contribution in [3.05, 3.63) is 46.7 Å². The topological polar surface area (TPSA) is 51.2 Å². The Hall–Kier alpha value is -2.18. The summed E-state index contributed by atoms with van der Waals surface area (Å²) in [6.07, 6.45) is 0. The normalized spacial score (nSPS) is 10.5. The molecule has 0 atom stereocenters. The SMILES string of the molecule is COc1ccc(-c2nc(-c3ccc(CNC(C)=O)s3)cs2)cc1. The molecule has 0 saturated carbocycles. The summed E-state index contributed by atoms with van der Waals surface area (Å²) in [5.74, 6) is 0.821. The number of rotatable bonds is 5. The zero-order chi connectivity index (χ0) is 16.2. The van der Waals surface area contributed by atoms with E-state index in [4.69, 9.17) is 9.72 Å². The van der Waals surface area contributed by atoms with Crippen molar-refractivity contribution >= 4 is 28.6 Å². The lowest BCUT2D eigenvalue weighted by Gasteiger charge is -2.00. The molecule has 0 aliphatic rings. The summed E-state index contributed by atoms with van der Waals surface area (Å²) in [6, 6.07) is 12.0. The molecule has 2 aromatic heterocycles. The fourth-order valence-electron chi connectivity index (χ4n) is 2.08. The molecule has 0 spiro atoms. The number of ether oxygens (including phenoxy) is 1. The zero-order valence-electron chi connectivity index (χ0n) is 12.8. The lowest BCUT2D eigenvalue weighted by molar-refractivity contribution is -0.119. The summed E-state index contributed by atoms with van der Waals surface area (Å²) >= 11 is 3.28. The Morgan fingerprint density at radius 2 is 2.00 bits per heavy atom. The first kappa shape index (κ1) is 15.7. The molecular weight excluding hydrogens is 328 g/mol. The van der Waals surface area contributed by atoms with Crippen molar-refractivity contribution in [1.82, 2.24) is 10.3 Å². The van der Waals surface area contributed by atoms with Crippen LogP contribution in [0.15, 0.2) is 41.8 Å². The third-order valence-corrected chi connectivity index (χ3v) is 5.27. The van der Waals surface area contributed by atoms with Crippen LogP contribution >= 0.6 is 22.7 Å². The number of nitrogens with zero attached hydrogens (tertiary/aromatic N) is 1. The number of thiazole rings is 1. The summed E-state index contributed by atoms with van der Waals surface area (Å²) in [5, 5.41) is 5.86. The third kappa shape index (κ3) is 3.78. The van der Waals surface area contributed by atoms with Crippen molar-refractivity contribution in [2.24, 2.45) is 0 Å². The predicted octanol–water partition coefficient (Wildman–Crippen LogP) is 4.18. The van der Waals surface area contributed by atoms with Crippen LogP contribution in [-0.2, 0) is 11.3 Å². The minimum Gasteiger partial charge on any atom is -0.497 e. The van der Waals surface area contributed by atoms with Crippen LogP contribution in [0.4, 0.5) is 0 Å². The number of amides is 1. The quantitative estimate of drug-likeness (QED) is 0.755. The van der Waals surface area contributed by atoms with Crippen LogP contribution in [-0.4, -0.2) is 18.0 Å². The van der Waals surface area contributed by atoms with E-state index in [2.05, 4.69) is 16.8 Å². The average molecular weight is 344 g/mol. The largest absolute Gasteiger partial charge is 0.497 e. The van der Waals surface area contributed by atoms with Gasteiger partial charge in [-0.15, -0.1) is 22.7 Å². The first-order valence-corrected chi connectivity index (χ1v) is 8.79. The number of hydrogen-bond acceptors (Lipinski definition) is 5. The fraction of sp³-hybridized carbons (Fsp3) is 0.176. The molecule has 0 fully saturated rings. The van der Waals surface area contributed by atoms with Gasteiger partial charge in [0, 0.05) is 22.7 Å². The van der Waals surface area contributed by atoms with Gasteiger partial charge in [-0.25, -0.2) is 4.98 Å². The van der Waals surface area contributed by atoms with Crippen LogP contribution in [0.1, 0.15) is 11.8 Å². The van der Waals surface area contributed by atoms with E-state index in [1.165, 1.54) is 6.92 Å². The van der Waals surface area contributed by atoms with Crippen molar-refractivity contribution in [3.8, 4) is 26.9 Å². The number of carbonyl (C=O) groups excluding carboxylic acids is 1. The lowest BCUT2D eigenvalue weighted by Crippen LogP contribution is -2.17. The molecule has 6 heteroatoms. The van der Waals surface area contributed by atoms with E-state index in [0.717, 1.165) is 31.8 Å². The maximum Gasteiger partial charge on any atom is 0.217 e. The summed E-state index contributed by atoms with van der Waals surface area (Å²) < 4.78 is 5.18. The summed E-state index contributed by atoms with van der Waals surface area (Å²) in [5.41, 5.74) is 2.05. The Balaban J connectivity index is 1.77. The highest BCUT2D eigenvalue weighted by Crippen LogP contribution is 2.33.